The minimum absolute atomic E-state index is 0.0997. The lowest BCUT2D eigenvalue weighted by Crippen LogP contribution is -2.32. The smallest absolute Gasteiger partial charge is 0.101 e. The standard InChI is InChI=1S/C12H15ClN2O/c1-12(2,5-6-16)15-11-7-10(13)4-3-9(11)8-14/h3-4,7,15-16H,5-6H2,1-2H3. The van der Waals surface area contributed by atoms with Crippen molar-refractivity contribution in [2.24, 2.45) is 0 Å². The first-order valence-electron chi connectivity index (χ1n) is 5.07. The van der Waals surface area contributed by atoms with Crippen molar-refractivity contribution in [3.05, 3.63) is 28.8 Å². The summed E-state index contributed by atoms with van der Waals surface area (Å²) in [5, 5.41) is 21.7. The van der Waals surface area contributed by atoms with Gasteiger partial charge in [0.15, 0.2) is 0 Å². The van der Waals surface area contributed by atoms with E-state index in [-0.39, 0.29) is 12.1 Å². The highest BCUT2D eigenvalue weighted by atomic mass is 35.5. The van der Waals surface area contributed by atoms with Gasteiger partial charge in [0.05, 0.1) is 11.3 Å². The zero-order valence-corrected chi connectivity index (χ0v) is 10.2. The van der Waals surface area contributed by atoms with Gasteiger partial charge in [0, 0.05) is 17.2 Å². The van der Waals surface area contributed by atoms with Crippen LogP contribution in [0.25, 0.3) is 0 Å². The molecule has 0 aromatic heterocycles. The van der Waals surface area contributed by atoms with Crippen LogP contribution in [-0.2, 0) is 0 Å². The predicted molar refractivity (Wildman–Crippen MR) is 65.6 cm³/mol. The van der Waals surface area contributed by atoms with E-state index in [1.807, 2.05) is 13.8 Å². The largest absolute Gasteiger partial charge is 0.396 e. The molecule has 1 aromatic rings. The second-order valence-corrected chi connectivity index (χ2v) is 4.72. The van der Waals surface area contributed by atoms with Gasteiger partial charge in [-0.25, -0.2) is 0 Å². The fraction of sp³-hybridized carbons (Fsp3) is 0.417. The van der Waals surface area contributed by atoms with Gasteiger partial charge in [-0.2, -0.15) is 5.26 Å². The minimum atomic E-state index is -0.273. The van der Waals surface area contributed by atoms with Crippen LogP contribution in [0.1, 0.15) is 25.8 Å². The molecule has 1 aromatic carbocycles. The monoisotopic (exact) mass is 238 g/mol. The molecule has 0 fully saturated rings. The van der Waals surface area contributed by atoms with Gasteiger partial charge in [-0.15, -0.1) is 0 Å². The number of halogens is 1. The first-order chi connectivity index (χ1) is 7.48. The van der Waals surface area contributed by atoms with Crippen LogP contribution >= 0.6 is 11.6 Å². The highest BCUT2D eigenvalue weighted by Crippen LogP contribution is 2.24. The summed E-state index contributed by atoms with van der Waals surface area (Å²) in [4.78, 5) is 0. The Labute approximate surface area is 101 Å². The van der Waals surface area contributed by atoms with Crippen molar-refractivity contribution >= 4 is 17.3 Å². The summed E-state index contributed by atoms with van der Waals surface area (Å²) in [7, 11) is 0. The Morgan fingerprint density at radius 2 is 2.19 bits per heavy atom. The summed E-state index contributed by atoms with van der Waals surface area (Å²) >= 11 is 5.88. The average molecular weight is 239 g/mol. The van der Waals surface area contributed by atoms with Crippen LogP contribution in [0.3, 0.4) is 0 Å². The van der Waals surface area contributed by atoms with Crippen molar-refractivity contribution in [3.63, 3.8) is 0 Å². The van der Waals surface area contributed by atoms with Crippen LogP contribution in [-0.4, -0.2) is 17.3 Å². The van der Waals surface area contributed by atoms with Crippen LogP contribution < -0.4 is 5.32 Å². The van der Waals surface area contributed by atoms with Gasteiger partial charge in [0.25, 0.3) is 0 Å². The van der Waals surface area contributed by atoms with Crippen molar-refractivity contribution in [3.8, 4) is 6.07 Å². The molecule has 0 heterocycles. The summed E-state index contributed by atoms with van der Waals surface area (Å²) in [5.74, 6) is 0. The molecule has 0 amide bonds. The molecule has 0 bridgehead atoms. The third kappa shape index (κ3) is 3.41. The number of nitriles is 1. The highest BCUT2D eigenvalue weighted by molar-refractivity contribution is 6.30. The normalized spacial score (nSPS) is 10.9. The Kier molecular flexibility index (Phi) is 4.17. The molecular formula is C12H15ClN2O. The number of benzene rings is 1. The molecule has 3 nitrogen and oxygen atoms in total. The van der Waals surface area contributed by atoms with E-state index in [1.165, 1.54) is 0 Å². The lowest BCUT2D eigenvalue weighted by Gasteiger charge is -2.27. The molecule has 2 N–H and O–H groups in total. The topological polar surface area (TPSA) is 56.0 Å². The molecule has 0 aliphatic carbocycles. The number of aliphatic hydroxyl groups excluding tert-OH is 1. The summed E-state index contributed by atoms with van der Waals surface area (Å²) in [6.45, 7) is 4.03. The molecular weight excluding hydrogens is 224 g/mol. The minimum Gasteiger partial charge on any atom is -0.396 e. The molecule has 0 radical (unpaired) electrons. The quantitative estimate of drug-likeness (QED) is 0.848. The molecule has 0 aliphatic rings. The van der Waals surface area contributed by atoms with E-state index in [1.54, 1.807) is 18.2 Å². The summed E-state index contributed by atoms with van der Waals surface area (Å²) in [6.07, 6.45) is 0.602. The first-order valence-corrected chi connectivity index (χ1v) is 5.45. The third-order valence-electron chi connectivity index (χ3n) is 2.31. The van der Waals surface area contributed by atoms with E-state index in [2.05, 4.69) is 11.4 Å². The Morgan fingerprint density at radius 1 is 1.50 bits per heavy atom. The van der Waals surface area contributed by atoms with Crippen LogP contribution in [0.15, 0.2) is 18.2 Å². The number of rotatable bonds is 4. The van der Waals surface area contributed by atoms with Crippen LogP contribution in [0.5, 0.6) is 0 Å². The van der Waals surface area contributed by atoms with Gasteiger partial charge in [0.2, 0.25) is 0 Å². The van der Waals surface area contributed by atoms with E-state index in [0.29, 0.717) is 22.7 Å². The maximum absolute atomic E-state index is 8.95. The van der Waals surface area contributed by atoms with Crippen molar-refractivity contribution in [1.29, 1.82) is 5.26 Å². The number of hydrogen-bond acceptors (Lipinski definition) is 3. The lowest BCUT2D eigenvalue weighted by molar-refractivity contribution is 0.261. The van der Waals surface area contributed by atoms with Crippen LogP contribution in [0.4, 0.5) is 5.69 Å². The van der Waals surface area contributed by atoms with Crippen molar-refractivity contribution in [2.75, 3.05) is 11.9 Å². The molecule has 0 atom stereocenters. The van der Waals surface area contributed by atoms with Crippen LogP contribution in [0, 0.1) is 11.3 Å². The predicted octanol–water partition coefficient (Wildman–Crippen LogP) is 2.78. The Morgan fingerprint density at radius 3 is 2.75 bits per heavy atom. The number of nitrogens with zero attached hydrogens (tertiary/aromatic N) is 1. The summed E-state index contributed by atoms with van der Waals surface area (Å²) in [6, 6.07) is 7.19. The third-order valence-corrected chi connectivity index (χ3v) is 2.55. The molecule has 4 heteroatoms. The van der Waals surface area contributed by atoms with Gasteiger partial charge < -0.3 is 10.4 Å². The van der Waals surface area contributed by atoms with Gasteiger partial charge in [0.1, 0.15) is 6.07 Å². The van der Waals surface area contributed by atoms with Crippen molar-refractivity contribution in [1.82, 2.24) is 0 Å². The summed E-state index contributed by atoms with van der Waals surface area (Å²) in [5.41, 5.74) is 0.981. The molecule has 0 aliphatic heterocycles. The Bertz CT molecular complexity index is 410. The van der Waals surface area contributed by atoms with Crippen molar-refractivity contribution < 1.29 is 5.11 Å². The molecule has 0 unspecified atom stereocenters. The molecule has 0 saturated heterocycles. The van der Waals surface area contributed by atoms with Gasteiger partial charge >= 0.3 is 0 Å². The van der Waals surface area contributed by atoms with Crippen LogP contribution in [0.2, 0.25) is 5.02 Å². The van der Waals surface area contributed by atoms with E-state index < -0.39 is 0 Å². The van der Waals surface area contributed by atoms with Crippen molar-refractivity contribution in [2.45, 2.75) is 25.8 Å². The van der Waals surface area contributed by atoms with E-state index in [4.69, 9.17) is 22.0 Å². The highest BCUT2D eigenvalue weighted by Gasteiger charge is 2.18. The first kappa shape index (κ1) is 12.8. The second kappa shape index (κ2) is 5.20. The fourth-order valence-corrected chi connectivity index (χ4v) is 1.60. The zero-order chi connectivity index (χ0) is 12.2. The fourth-order valence-electron chi connectivity index (χ4n) is 1.42. The SMILES string of the molecule is CC(C)(CCO)Nc1cc(Cl)ccc1C#N. The van der Waals surface area contributed by atoms with E-state index in [0.717, 1.165) is 0 Å². The number of aliphatic hydroxyl groups is 1. The maximum atomic E-state index is 8.95. The van der Waals surface area contributed by atoms with Gasteiger partial charge in [-0.3, -0.25) is 0 Å². The number of nitrogens with one attached hydrogen (secondary N) is 1. The molecule has 86 valence electrons. The van der Waals surface area contributed by atoms with E-state index >= 15 is 0 Å². The Balaban J connectivity index is 2.96. The molecule has 16 heavy (non-hydrogen) atoms. The number of anilines is 1. The molecule has 1 rings (SSSR count). The maximum Gasteiger partial charge on any atom is 0.101 e. The Hall–Kier alpha value is -1.24. The molecule has 0 spiro atoms. The number of hydrogen-bond donors (Lipinski definition) is 2. The average Bonchev–Trinajstić information content (AvgIpc) is 2.17. The van der Waals surface area contributed by atoms with E-state index in [9.17, 15) is 0 Å². The molecule has 0 saturated carbocycles. The second-order valence-electron chi connectivity index (χ2n) is 4.28. The van der Waals surface area contributed by atoms with Gasteiger partial charge in [-0.05, 0) is 38.5 Å². The van der Waals surface area contributed by atoms with Gasteiger partial charge in [-0.1, -0.05) is 11.6 Å². The zero-order valence-electron chi connectivity index (χ0n) is 9.42. The summed E-state index contributed by atoms with van der Waals surface area (Å²) < 4.78 is 0. The lowest BCUT2D eigenvalue weighted by atomic mass is 10.00.